The number of hydrogen-bond acceptors (Lipinski definition) is 6. The summed E-state index contributed by atoms with van der Waals surface area (Å²) in [5, 5.41) is 21.4. The van der Waals surface area contributed by atoms with E-state index in [1.54, 1.807) is 72.8 Å². The largest absolute Gasteiger partial charge is 0.478 e. The Morgan fingerprint density at radius 1 is 0.750 bits per heavy atom. The van der Waals surface area contributed by atoms with Gasteiger partial charge in [0.2, 0.25) is 5.82 Å². The molecule has 0 saturated carbocycles. The van der Waals surface area contributed by atoms with Gasteiger partial charge in [0.05, 0.1) is 24.4 Å². The van der Waals surface area contributed by atoms with Crippen molar-refractivity contribution in [3.05, 3.63) is 160 Å². The Hall–Kier alpha value is -5.08. The zero-order chi connectivity index (χ0) is 36.9. The van der Waals surface area contributed by atoms with Crippen LogP contribution in [0.4, 0.5) is 22.0 Å². The smallest absolute Gasteiger partial charge is 0.336 e. The van der Waals surface area contributed by atoms with Crippen LogP contribution in [0.2, 0.25) is 0 Å². The molecular formula is C39H30F5NO6S. The Balaban J connectivity index is 1.21. The summed E-state index contributed by atoms with van der Waals surface area (Å²) < 4.78 is 82.1. The summed E-state index contributed by atoms with van der Waals surface area (Å²) in [5.74, 6) is -13.3. The maximum absolute atomic E-state index is 14.2. The molecule has 0 aromatic heterocycles. The normalized spacial score (nSPS) is 17.2. The van der Waals surface area contributed by atoms with Crippen LogP contribution in [0.5, 0.6) is 0 Å². The molecule has 3 atom stereocenters. The Morgan fingerprint density at radius 2 is 1.37 bits per heavy atom. The lowest BCUT2D eigenvalue weighted by Gasteiger charge is -2.36. The van der Waals surface area contributed by atoms with Crippen LogP contribution in [0.15, 0.2) is 102 Å². The Bertz CT molecular complexity index is 2070. The minimum Gasteiger partial charge on any atom is -0.478 e. The van der Waals surface area contributed by atoms with Crippen molar-refractivity contribution in [3.8, 4) is 11.1 Å². The number of hydrogen-bond donors (Lipinski definition) is 3. The molecule has 1 amide bonds. The summed E-state index contributed by atoms with van der Waals surface area (Å²) >= 11 is 1.37. The number of aromatic carboxylic acids is 1. The lowest BCUT2D eigenvalue weighted by atomic mass is 9.97. The number of benzene rings is 5. The number of nitrogens with one attached hydrogen (secondary N) is 1. The number of carbonyl (C=O) groups is 2. The number of aliphatic hydroxyl groups excluding tert-OH is 1. The van der Waals surface area contributed by atoms with Gasteiger partial charge in [0.25, 0.3) is 5.91 Å². The van der Waals surface area contributed by atoms with Gasteiger partial charge < -0.3 is 25.0 Å². The molecule has 0 aliphatic carbocycles. The predicted octanol–water partition coefficient (Wildman–Crippen LogP) is 8.51. The highest BCUT2D eigenvalue weighted by molar-refractivity contribution is 7.99. The highest BCUT2D eigenvalue weighted by atomic mass is 32.2. The summed E-state index contributed by atoms with van der Waals surface area (Å²) in [4.78, 5) is 25.0. The highest BCUT2D eigenvalue weighted by Gasteiger charge is 2.33. The Morgan fingerprint density at radius 3 is 2.04 bits per heavy atom. The Kier molecular flexibility index (Phi) is 11.3. The number of aliphatic hydroxyl groups is 1. The van der Waals surface area contributed by atoms with Crippen molar-refractivity contribution in [2.75, 3.05) is 5.75 Å². The molecule has 5 aromatic carbocycles. The van der Waals surface area contributed by atoms with Crippen LogP contribution in [0, 0.1) is 29.1 Å². The molecule has 1 aliphatic rings. The highest BCUT2D eigenvalue weighted by Crippen LogP contribution is 2.40. The SMILES string of the molecule is O=C(O)c1ccccc1SC[C@H]1C[C@@H](c2ccc(CO)cc2)O[C@@H](c2ccc(-c3ccccc3CNC(=O)c3c(F)c(F)c(F)c(F)c3F)cc2)O1. The van der Waals surface area contributed by atoms with Gasteiger partial charge >= 0.3 is 5.97 Å². The number of halogens is 5. The molecule has 52 heavy (non-hydrogen) atoms. The first-order valence-electron chi connectivity index (χ1n) is 16.0. The van der Waals surface area contributed by atoms with Crippen molar-refractivity contribution >= 4 is 23.6 Å². The zero-order valence-corrected chi connectivity index (χ0v) is 27.9. The van der Waals surface area contributed by atoms with E-state index in [1.165, 1.54) is 11.8 Å². The molecule has 268 valence electrons. The topological polar surface area (TPSA) is 105 Å². The van der Waals surface area contributed by atoms with Crippen LogP contribution in [0.25, 0.3) is 11.1 Å². The van der Waals surface area contributed by atoms with Crippen molar-refractivity contribution < 1.29 is 51.2 Å². The lowest BCUT2D eigenvalue weighted by molar-refractivity contribution is -0.245. The second-order valence-corrected chi connectivity index (χ2v) is 12.9. The number of carboxylic acids is 1. The molecule has 0 bridgehead atoms. The summed E-state index contributed by atoms with van der Waals surface area (Å²) in [7, 11) is 0. The van der Waals surface area contributed by atoms with E-state index in [1.807, 2.05) is 24.3 Å². The van der Waals surface area contributed by atoms with E-state index < -0.39 is 52.8 Å². The number of rotatable bonds is 11. The van der Waals surface area contributed by atoms with Gasteiger partial charge in [-0.15, -0.1) is 11.8 Å². The summed E-state index contributed by atoms with van der Waals surface area (Å²) in [6.45, 7) is -0.390. The molecule has 13 heteroatoms. The van der Waals surface area contributed by atoms with Gasteiger partial charge in [0.15, 0.2) is 29.6 Å². The van der Waals surface area contributed by atoms with Crippen molar-refractivity contribution in [1.29, 1.82) is 0 Å². The van der Waals surface area contributed by atoms with E-state index in [9.17, 15) is 41.8 Å². The minimum atomic E-state index is -2.35. The van der Waals surface area contributed by atoms with Gasteiger partial charge in [-0.25, -0.2) is 26.7 Å². The molecule has 5 aromatic rings. The maximum Gasteiger partial charge on any atom is 0.336 e. The minimum absolute atomic E-state index is 0.104. The molecule has 3 N–H and O–H groups in total. The first-order chi connectivity index (χ1) is 25.0. The fourth-order valence-electron chi connectivity index (χ4n) is 5.82. The van der Waals surface area contributed by atoms with Crippen LogP contribution in [0.3, 0.4) is 0 Å². The average Bonchev–Trinajstić information content (AvgIpc) is 3.18. The first-order valence-corrected chi connectivity index (χ1v) is 17.0. The van der Waals surface area contributed by atoms with Gasteiger partial charge in [0.1, 0.15) is 5.56 Å². The number of thioether (sulfide) groups is 1. The standard InChI is InChI=1S/C39H30F5NO6S/c40-32-31(33(41)35(43)36(44)34(32)42)37(47)45-18-25-5-1-2-6-27(25)22-13-15-24(16-14-22)39-50-26(20-52-30-8-4-3-7-28(30)38(48)49)17-29(51-39)23-11-9-21(19-46)10-12-23/h1-16,26,29,39,46H,17-20H2,(H,45,47)(H,48,49)/t26-,29+,39+/m1/s1. The van der Waals surface area contributed by atoms with Crippen LogP contribution >= 0.6 is 11.8 Å². The molecule has 1 fully saturated rings. The summed E-state index contributed by atoms with van der Waals surface area (Å²) in [6, 6.07) is 28.1. The van der Waals surface area contributed by atoms with E-state index in [0.717, 1.165) is 11.1 Å². The number of ether oxygens (including phenoxy) is 2. The van der Waals surface area contributed by atoms with E-state index in [-0.39, 0.29) is 30.9 Å². The predicted molar refractivity (Wildman–Crippen MR) is 182 cm³/mol. The van der Waals surface area contributed by atoms with Crippen molar-refractivity contribution in [3.63, 3.8) is 0 Å². The van der Waals surface area contributed by atoms with Crippen molar-refractivity contribution in [2.24, 2.45) is 0 Å². The molecule has 7 nitrogen and oxygen atoms in total. The summed E-state index contributed by atoms with van der Waals surface area (Å²) in [5.41, 5.74) is 2.75. The fraction of sp³-hybridized carbons (Fsp3) is 0.179. The molecular weight excluding hydrogens is 705 g/mol. The van der Waals surface area contributed by atoms with Crippen molar-refractivity contribution in [1.82, 2.24) is 5.32 Å². The fourth-order valence-corrected chi connectivity index (χ4v) is 6.88. The van der Waals surface area contributed by atoms with Crippen LogP contribution < -0.4 is 5.32 Å². The molecule has 1 heterocycles. The van der Waals surface area contributed by atoms with E-state index in [2.05, 4.69) is 5.32 Å². The maximum atomic E-state index is 14.2. The third-order valence-electron chi connectivity index (χ3n) is 8.54. The quantitative estimate of drug-likeness (QED) is 0.0541. The first kappa shape index (κ1) is 36.7. The van der Waals surface area contributed by atoms with Crippen molar-refractivity contribution in [2.45, 2.75) is 43.0 Å². The number of carbonyl (C=O) groups excluding carboxylic acids is 1. The van der Waals surface area contributed by atoms with E-state index in [0.29, 0.717) is 39.3 Å². The number of amides is 1. The Labute approximate surface area is 299 Å². The third kappa shape index (κ3) is 7.87. The van der Waals surface area contributed by atoms with Gasteiger partial charge in [-0.1, -0.05) is 84.9 Å². The van der Waals surface area contributed by atoms with Gasteiger partial charge in [-0.05, 0) is 39.9 Å². The monoisotopic (exact) mass is 735 g/mol. The molecule has 6 rings (SSSR count). The van der Waals surface area contributed by atoms with E-state index in [4.69, 9.17) is 9.47 Å². The number of carboxylic acid groups (broad SMARTS) is 1. The molecule has 1 saturated heterocycles. The van der Waals surface area contributed by atoms with Crippen LogP contribution in [0.1, 0.15) is 61.8 Å². The molecule has 0 spiro atoms. The van der Waals surface area contributed by atoms with Gasteiger partial charge in [-0.3, -0.25) is 4.79 Å². The van der Waals surface area contributed by atoms with Crippen LogP contribution in [-0.2, 0) is 22.6 Å². The van der Waals surface area contributed by atoms with E-state index >= 15 is 0 Å². The second kappa shape index (κ2) is 16.1. The molecule has 0 radical (unpaired) electrons. The molecule has 1 aliphatic heterocycles. The second-order valence-electron chi connectivity index (χ2n) is 11.9. The van der Waals surface area contributed by atoms with Gasteiger partial charge in [-0.2, -0.15) is 0 Å². The van der Waals surface area contributed by atoms with Crippen LogP contribution in [-0.4, -0.2) is 33.9 Å². The summed E-state index contributed by atoms with van der Waals surface area (Å²) in [6.07, 6.45) is -1.04. The zero-order valence-electron chi connectivity index (χ0n) is 27.1. The lowest BCUT2D eigenvalue weighted by Crippen LogP contribution is -2.31. The van der Waals surface area contributed by atoms with Gasteiger partial charge in [0, 0.05) is 29.2 Å². The third-order valence-corrected chi connectivity index (χ3v) is 9.75. The molecule has 0 unspecified atom stereocenters. The average molecular weight is 736 g/mol.